The molecular weight excluding hydrogens is 194 g/mol. The Hall–Kier alpha value is -1.44. The summed E-state index contributed by atoms with van der Waals surface area (Å²) < 4.78 is 0. The van der Waals surface area contributed by atoms with Crippen molar-refractivity contribution in [2.75, 3.05) is 0 Å². The van der Waals surface area contributed by atoms with E-state index in [4.69, 9.17) is 20.4 Å². The molecule has 14 heavy (non-hydrogen) atoms. The largest absolute Gasteiger partial charge is 0.479 e. The Morgan fingerprint density at radius 1 is 1.14 bits per heavy atom. The van der Waals surface area contributed by atoms with Gasteiger partial charge in [0.15, 0.2) is 12.2 Å². The lowest BCUT2D eigenvalue weighted by molar-refractivity contribution is -0.165. The van der Waals surface area contributed by atoms with Gasteiger partial charge in [0.1, 0.15) is 0 Å². The highest BCUT2D eigenvalue weighted by molar-refractivity contribution is 5.82. The first kappa shape index (κ1) is 18.4. The molecule has 0 fully saturated rings. The van der Waals surface area contributed by atoms with Crippen LogP contribution in [0.15, 0.2) is 12.7 Å². The van der Waals surface area contributed by atoms with Crippen molar-refractivity contribution in [3.63, 3.8) is 0 Å². The van der Waals surface area contributed by atoms with Crippen molar-refractivity contribution in [2.24, 2.45) is 0 Å². The molecule has 2 unspecified atom stereocenters. The van der Waals surface area contributed by atoms with Gasteiger partial charge in [-0.3, -0.25) is 0 Å². The van der Waals surface area contributed by atoms with E-state index >= 15 is 0 Å². The van der Waals surface area contributed by atoms with Crippen molar-refractivity contribution in [3.8, 4) is 0 Å². The molecule has 0 bridgehead atoms. The van der Waals surface area contributed by atoms with E-state index in [2.05, 4.69) is 6.58 Å². The average molecular weight is 209 g/mol. The smallest absolute Gasteiger partial charge is 0.335 e. The van der Waals surface area contributed by atoms with Gasteiger partial charge in [-0.2, -0.15) is 0 Å². The minimum Gasteiger partial charge on any atom is -0.479 e. The molecule has 0 radical (unpaired) electrons. The minimum absolute atomic E-state index is 0. The third-order valence-electron chi connectivity index (χ3n) is 0.805. The van der Waals surface area contributed by atoms with Crippen LogP contribution < -0.4 is 6.15 Å². The first-order valence-corrected chi connectivity index (χ1v) is 3.27. The van der Waals surface area contributed by atoms with Gasteiger partial charge in [0, 0.05) is 0 Å². The van der Waals surface area contributed by atoms with Gasteiger partial charge in [0.25, 0.3) is 0 Å². The molecule has 7 heteroatoms. The molecule has 0 aliphatic heterocycles. The molecule has 0 saturated carbocycles. The number of carboxylic acids is 2. The van der Waals surface area contributed by atoms with Gasteiger partial charge < -0.3 is 26.6 Å². The molecule has 0 heterocycles. The quantitative estimate of drug-likeness (QED) is 0.383. The fourth-order valence-electron chi connectivity index (χ4n) is 0.270. The average Bonchev–Trinajstić information content (AvgIpc) is 2.03. The third kappa shape index (κ3) is 8.65. The molecule has 0 spiro atoms. The first-order valence-electron chi connectivity index (χ1n) is 3.27. The minimum atomic E-state index is -2.27. The van der Waals surface area contributed by atoms with Crippen molar-refractivity contribution in [1.29, 1.82) is 0 Å². The second-order valence-electron chi connectivity index (χ2n) is 1.97. The van der Waals surface area contributed by atoms with Gasteiger partial charge in [0.05, 0.1) is 0 Å². The van der Waals surface area contributed by atoms with E-state index in [1.807, 2.05) is 6.92 Å². The second kappa shape index (κ2) is 9.65. The molecular formula is C7H15NO6. The standard InChI is InChI=1S/C4H6O6.C3H6.H3N/c5-1(3(7)8)2(6)4(9)10;1-3-2;/h1-2,5-6H,(H,7,8)(H,9,10);3H,1H2,2H3;1H3. The number of hydrogen-bond acceptors (Lipinski definition) is 5. The summed E-state index contributed by atoms with van der Waals surface area (Å²) in [5.74, 6) is -3.54. The number of aliphatic carboxylic acids is 2. The van der Waals surface area contributed by atoms with E-state index in [0.717, 1.165) is 0 Å². The third-order valence-corrected chi connectivity index (χ3v) is 0.805. The molecule has 84 valence electrons. The molecule has 0 saturated heterocycles. The molecule has 2 atom stereocenters. The summed E-state index contributed by atoms with van der Waals surface area (Å²) in [6, 6.07) is 0. The summed E-state index contributed by atoms with van der Waals surface area (Å²) in [7, 11) is 0. The van der Waals surface area contributed by atoms with Crippen LogP contribution in [0.2, 0.25) is 0 Å². The highest BCUT2D eigenvalue weighted by Gasteiger charge is 2.29. The van der Waals surface area contributed by atoms with Crippen LogP contribution >= 0.6 is 0 Å². The molecule has 0 aliphatic rings. The van der Waals surface area contributed by atoms with Gasteiger partial charge in [-0.05, 0) is 6.92 Å². The van der Waals surface area contributed by atoms with Gasteiger partial charge in [-0.15, -0.1) is 6.58 Å². The zero-order valence-corrected chi connectivity index (χ0v) is 7.75. The Kier molecular flexibility index (Phi) is 12.7. The van der Waals surface area contributed by atoms with Crippen molar-refractivity contribution in [1.82, 2.24) is 6.15 Å². The Balaban J connectivity index is -0.000000267. The number of aliphatic hydroxyl groups is 2. The summed E-state index contributed by atoms with van der Waals surface area (Å²) in [5.41, 5.74) is 0. The fourth-order valence-corrected chi connectivity index (χ4v) is 0.270. The highest BCUT2D eigenvalue weighted by Crippen LogP contribution is 1.92. The number of hydrogen-bond donors (Lipinski definition) is 5. The lowest BCUT2D eigenvalue weighted by Crippen LogP contribution is -2.39. The zero-order valence-electron chi connectivity index (χ0n) is 7.75. The van der Waals surface area contributed by atoms with Crippen LogP contribution in [-0.4, -0.2) is 44.6 Å². The van der Waals surface area contributed by atoms with Gasteiger partial charge in [-0.25, -0.2) is 9.59 Å². The Morgan fingerprint density at radius 3 is 1.36 bits per heavy atom. The number of carboxylic acid groups (broad SMARTS) is 2. The van der Waals surface area contributed by atoms with Crippen LogP contribution in [0.4, 0.5) is 0 Å². The molecule has 0 aromatic rings. The lowest BCUT2D eigenvalue weighted by atomic mass is 10.2. The second-order valence-corrected chi connectivity index (χ2v) is 1.97. The molecule has 7 nitrogen and oxygen atoms in total. The van der Waals surface area contributed by atoms with Gasteiger partial charge in [-0.1, -0.05) is 6.08 Å². The van der Waals surface area contributed by atoms with Crippen molar-refractivity contribution < 1.29 is 30.0 Å². The first-order chi connectivity index (χ1) is 5.88. The van der Waals surface area contributed by atoms with Crippen LogP contribution in [0.25, 0.3) is 0 Å². The monoisotopic (exact) mass is 209 g/mol. The molecule has 0 aromatic heterocycles. The summed E-state index contributed by atoms with van der Waals surface area (Å²) in [6.45, 7) is 5.25. The highest BCUT2D eigenvalue weighted by atomic mass is 16.4. The predicted molar refractivity (Wildman–Crippen MR) is 48.2 cm³/mol. The van der Waals surface area contributed by atoms with E-state index in [1.165, 1.54) is 0 Å². The summed E-state index contributed by atoms with van der Waals surface area (Å²) in [5, 5.41) is 32.5. The van der Waals surface area contributed by atoms with Gasteiger partial charge in [0.2, 0.25) is 0 Å². The molecule has 0 aliphatic carbocycles. The Bertz CT molecular complexity index is 175. The number of carbonyl (C=O) groups is 2. The summed E-state index contributed by atoms with van der Waals surface area (Å²) >= 11 is 0. The van der Waals surface area contributed by atoms with Crippen molar-refractivity contribution in [2.45, 2.75) is 19.1 Å². The van der Waals surface area contributed by atoms with Crippen LogP contribution in [-0.2, 0) is 9.59 Å². The van der Waals surface area contributed by atoms with E-state index < -0.39 is 24.1 Å². The maximum absolute atomic E-state index is 9.77. The molecule has 7 N–H and O–H groups in total. The molecule has 0 aromatic carbocycles. The van der Waals surface area contributed by atoms with Gasteiger partial charge >= 0.3 is 11.9 Å². The number of rotatable bonds is 3. The molecule has 0 rings (SSSR count). The number of allylic oxidation sites excluding steroid dienone is 1. The van der Waals surface area contributed by atoms with Crippen LogP contribution in [0, 0.1) is 0 Å². The normalized spacial score (nSPS) is 12.2. The SMILES string of the molecule is C=CC.N.O=C(O)C(O)C(O)C(=O)O. The maximum Gasteiger partial charge on any atom is 0.335 e. The van der Waals surface area contributed by atoms with E-state index in [0.29, 0.717) is 0 Å². The zero-order chi connectivity index (χ0) is 11.0. The predicted octanol–water partition coefficient (Wildman–Crippen LogP) is -0.768. The number of aliphatic hydroxyl groups excluding tert-OH is 2. The van der Waals surface area contributed by atoms with E-state index in [-0.39, 0.29) is 6.15 Å². The van der Waals surface area contributed by atoms with E-state index in [9.17, 15) is 9.59 Å². The topological polar surface area (TPSA) is 150 Å². The molecule has 0 amide bonds. The lowest BCUT2D eigenvalue weighted by Gasteiger charge is -2.07. The maximum atomic E-state index is 9.77. The Morgan fingerprint density at radius 2 is 1.29 bits per heavy atom. The fraction of sp³-hybridized carbons (Fsp3) is 0.429. The van der Waals surface area contributed by atoms with Crippen LogP contribution in [0.1, 0.15) is 6.92 Å². The van der Waals surface area contributed by atoms with Crippen LogP contribution in [0.5, 0.6) is 0 Å². The van der Waals surface area contributed by atoms with Crippen molar-refractivity contribution >= 4 is 11.9 Å². The Labute approximate surface area is 80.9 Å². The summed E-state index contributed by atoms with van der Waals surface area (Å²) in [4.78, 5) is 19.5. The van der Waals surface area contributed by atoms with Crippen molar-refractivity contribution in [3.05, 3.63) is 12.7 Å². The van der Waals surface area contributed by atoms with Crippen LogP contribution in [0.3, 0.4) is 0 Å². The summed E-state index contributed by atoms with van der Waals surface area (Å²) in [6.07, 6.45) is -2.78. The van der Waals surface area contributed by atoms with E-state index in [1.54, 1.807) is 6.08 Å².